The lowest BCUT2D eigenvalue weighted by Crippen LogP contribution is -2.17. The van der Waals surface area contributed by atoms with Gasteiger partial charge < -0.3 is 0 Å². The van der Waals surface area contributed by atoms with Gasteiger partial charge in [0, 0.05) is 5.56 Å². The summed E-state index contributed by atoms with van der Waals surface area (Å²) in [6.45, 7) is 7.17. The van der Waals surface area contributed by atoms with Crippen LogP contribution in [0.15, 0.2) is 23.1 Å². The van der Waals surface area contributed by atoms with Crippen LogP contribution in [0, 0.1) is 0 Å². The molecule has 0 aliphatic carbocycles. The van der Waals surface area contributed by atoms with Crippen molar-refractivity contribution in [3.8, 4) is 0 Å². The second kappa shape index (κ2) is 4.23. The summed E-state index contributed by atoms with van der Waals surface area (Å²) in [5.74, 6) is -0.222. The second-order valence-electron chi connectivity index (χ2n) is 4.99. The first-order chi connectivity index (χ1) is 7.53. The minimum atomic E-state index is -4.27. The SMILES string of the molecule is CC(=O)c1cc(S(=O)(=O)O)ccc1C(C)(C)C. The van der Waals surface area contributed by atoms with E-state index in [2.05, 4.69) is 0 Å². The lowest BCUT2D eigenvalue weighted by molar-refractivity contribution is 0.101. The van der Waals surface area contributed by atoms with Crippen molar-refractivity contribution in [2.45, 2.75) is 38.0 Å². The van der Waals surface area contributed by atoms with Crippen LogP contribution in [0.25, 0.3) is 0 Å². The Balaban J connectivity index is 3.54. The predicted octanol–water partition coefficient (Wildman–Crippen LogP) is 2.43. The van der Waals surface area contributed by atoms with Gasteiger partial charge in [-0.3, -0.25) is 9.35 Å². The Morgan fingerprint density at radius 2 is 1.76 bits per heavy atom. The standard InChI is InChI=1S/C12H16O4S/c1-8(13)10-7-9(17(14,15)16)5-6-11(10)12(2,3)4/h5-7H,1-4H3,(H,14,15,16). The van der Waals surface area contributed by atoms with E-state index in [0.29, 0.717) is 5.56 Å². The summed E-state index contributed by atoms with van der Waals surface area (Å²) in [5.41, 5.74) is 0.823. The van der Waals surface area contributed by atoms with E-state index in [1.165, 1.54) is 19.1 Å². The number of carbonyl (C=O) groups excluding carboxylic acids is 1. The van der Waals surface area contributed by atoms with Crippen LogP contribution in [-0.2, 0) is 15.5 Å². The molecular weight excluding hydrogens is 240 g/mol. The van der Waals surface area contributed by atoms with Gasteiger partial charge in [0.05, 0.1) is 4.90 Å². The molecule has 0 atom stereocenters. The first-order valence-electron chi connectivity index (χ1n) is 5.16. The van der Waals surface area contributed by atoms with Gasteiger partial charge in [-0.15, -0.1) is 0 Å². The molecule has 1 N–H and O–H groups in total. The first-order valence-corrected chi connectivity index (χ1v) is 6.60. The minimum Gasteiger partial charge on any atom is -0.294 e. The molecule has 0 radical (unpaired) electrons. The number of Topliss-reactive ketones (excluding diaryl/α,β-unsaturated/α-hetero) is 1. The average Bonchev–Trinajstić information content (AvgIpc) is 2.14. The molecule has 0 heterocycles. The Hall–Kier alpha value is -1.20. The molecule has 1 aromatic rings. The van der Waals surface area contributed by atoms with E-state index in [-0.39, 0.29) is 16.1 Å². The molecule has 0 saturated carbocycles. The van der Waals surface area contributed by atoms with Crippen molar-refractivity contribution in [1.82, 2.24) is 0 Å². The highest BCUT2D eigenvalue weighted by Gasteiger charge is 2.22. The smallest absolute Gasteiger partial charge is 0.294 e. The van der Waals surface area contributed by atoms with E-state index in [1.54, 1.807) is 6.07 Å². The van der Waals surface area contributed by atoms with Crippen molar-refractivity contribution in [3.05, 3.63) is 29.3 Å². The van der Waals surface area contributed by atoms with Crippen LogP contribution in [-0.4, -0.2) is 18.8 Å². The predicted molar refractivity (Wildman–Crippen MR) is 65.0 cm³/mol. The molecule has 0 aromatic heterocycles. The van der Waals surface area contributed by atoms with Crippen molar-refractivity contribution in [3.63, 3.8) is 0 Å². The Kier molecular flexibility index (Phi) is 3.45. The highest BCUT2D eigenvalue weighted by molar-refractivity contribution is 7.85. The molecule has 0 saturated heterocycles. The minimum absolute atomic E-state index is 0.222. The van der Waals surface area contributed by atoms with Crippen LogP contribution in [0.1, 0.15) is 43.6 Å². The van der Waals surface area contributed by atoms with Gasteiger partial charge in [-0.1, -0.05) is 26.8 Å². The van der Waals surface area contributed by atoms with E-state index < -0.39 is 10.1 Å². The molecule has 0 aliphatic heterocycles. The second-order valence-corrected chi connectivity index (χ2v) is 6.41. The zero-order valence-corrected chi connectivity index (χ0v) is 11.1. The highest BCUT2D eigenvalue weighted by atomic mass is 32.2. The number of benzene rings is 1. The van der Waals surface area contributed by atoms with Crippen molar-refractivity contribution >= 4 is 15.9 Å². The summed E-state index contributed by atoms with van der Waals surface area (Å²) < 4.78 is 31.0. The van der Waals surface area contributed by atoms with Gasteiger partial charge in [-0.25, -0.2) is 0 Å². The van der Waals surface area contributed by atoms with Crippen LogP contribution in [0.2, 0.25) is 0 Å². The van der Waals surface area contributed by atoms with E-state index >= 15 is 0 Å². The molecular formula is C12H16O4S. The summed E-state index contributed by atoms with van der Waals surface area (Å²) >= 11 is 0. The molecule has 17 heavy (non-hydrogen) atoms. The van der Waals surface area contributed by atoms with Gasteiger partial charge >= 0.3 is 0 Å². The van der Waals surface area contributed by atoms with E-state index in [0.717, 1.165) is 5.56 Å². The number of ketones is 1. The zero-order valence-electron chi connectivity index (χ0n) is 10.3. The number of hydrogen-bond acceptors (Lipinski definition) is 3. The van der Waals surface area contributed by atoms with Crippen molar-refractivity contribution < 1.29 is 17.8 Å². The van der Waals surface area contributed by atoms with Crippen LogP contribution < -0.4 is 0 Å². The monoisotopic (exact) mass is 256 g/mol. The maximum atomic E-state index is 11.5. The molecule has 0 unspecified atom stereocenters. The first kappa shape index (κ1) is 13.9. The van der Waals surface area contributed by atoms with Gasteiger partial charge in [-0.2, -0.15) is 8.42 Å². The normalized spacial score (nSPS) is 12.5. The van der Waals surface area contributed by atoms with Gasteiger partial charge in [0.1, 0.15) is 0 Å². The van der Waals surface area contributed by atoms with E-state index in [9.17, 15) is 13.2 Å². The largest absolute Gasteiger partial charge is 0.294 e. The summed E-state index contributed by atoms with van der Waals surface area (Å²) in [6.07, 6.45) is 0. The van der Waals surface area contributed by atoms with Crippen molar-refractivity contribution in [2.75, 3.05) is 0 Å². The third-order valence-corrected chi connectivity index (χ3v) is 3.33. The summed E-state index contributed by atoms with van der Waals surface area (Å²) in [6, 6.07) is 4.10. The van der Waals surface area contributed by atoms with Gasteiger partial charge in [0.15, 0.2) is 5.78 Å². The summed E-state index contributed by atoms with van der Waals surface area (Å²) in [4.78, 5) is 11.3. The molecule has 0 bridgehead atoms. The van der Waals surface area contributed by atoms with E-state index in [1.807, 2.05) is 20.8 Å². The Bertz CT molecular complexity index is 550. The van der Waals surface area contributed by atoms with Gasteiger partial charge in [-0.05, 0) is 30.0 Å². The molecule has 4 nitrogen and oxygen atoms in total. The molecule has 0 aliphatic rings. The molecule has 5 heteroatoms. The van der Waals surface area contributed by atoms with Crippen molar-refractivity contribution in [2.24, 2.45) is 0 Å². The molecule has 1 aromatic carbocycles. The lowest BCUT2D eigenvalue weighted by Gasteiger charge is -2.22. The van der Waals surface area contributed by atoms with Crippen LogP contribution in [0.5, 0.6) is 0 Å². The molecule has 0 amide bonds. The number of carbonyl (C=O) groups is 1. The van der Waals surface area contributed by atoms with E-state index in [4.69, 9.17) is 4.55 Å². The zero-order chi connectivity index (χ0) is 13.4. The highest BCUT2D eigenvalue weighted by Crippen LogP contribution is 2.28. The quantitative estimate of drug-likeness (QED) is 0.651. The molecule has 94 valence electrons. The van der Waals surface area contributed by atoms with Crippen molar-refractivity contribution in [1.29, 1.82) is 0 Å². The Labute approximate surface area is 101 Å². The lowest BCUT2D eigenvalue weighted by atomic mass is 9.83. The topological polar surface area (TPSA) is 71.4 Å². The fourth-order valence-corrected chi connectivity index (χ4v) is 2.14. The fraction of sp³-hybridized carbons (Fsp3) is 0.417. The van der Waals surface area contributed by atoms with Gasteiger partial charge in [0.25, 0.3) is 10.1 Å². The molecule has 0 spiro atoms. The van der Waals surface area contributed by atoms with Crippen LogP contribution in [0.4, 0.5) is 0 Å². The maximum Gasteiger partial charge on any atom is 0.294 e. The fourth-order valence-electron chi connectivity index (χ4n) is 1.63. The third-order valence-electron chi connectivity index (χ3n) is 2.48. The summed E-state index contributed by atoms with van der Waals surface area (Å²) in [7, 11) is -4.27. The average molecular weight is 256 g/mol. The van der Waals surface area contributed by atoms with Crippen LogP contribution in [0.3, 0.4) is 0 Å². The number of rotatable bonds is 2. The van der Waals surface area contributed by atoms with Gasteiger partial charge in [0.2, 0.25) is 0 Å². The molecule has 0 fully saturated rings. The van der Waals surface area contributed by atoms with Crippen LogP contribution >= 0.6 is 0 Å². The number of hydrogen-bond donors (Lipinski definition) is 1. The summed E-state index contributed by atoms with van der Waals surface area (Å²) in [5, 5.41) is 0. The third kappa shape index (κ3) is 3.14. The maximum absolute atomic E-state index is 11.5. The Morgan fingerprint density at radius 1 is 1.24 bits per heavy atom. The Morgan fingerprint density at radius 3 is 2.12 bits per heavy atom. The molecule has 1 rings (SSSR count).